The highest BCUT2D eigenvalue weighted by molar-refractivity contribution is 5.49. The quantitative estimate of drug-likeness (QED) is 0.922. The van der Waals surface area contributed by atoms with Crippen LogP contribution >= 0.6 is 0 Å². The summed E-state index contributed by atoms with van der Waals surface area (Å²) in [7, 11) is 1.68. The Hall–Kier alpha value is -1.26. The van der Waals surface area contributed by atoms with E-state index in [9.17, 15) is 5.11 Å². The third kappa shape index (κ3) is 2.38. The number of fused-ring (bicyclic) bond motifs is 1. The van der Waals surface area contributed by atoms with E-state index in [1.165, 1.54) is 5.56 Å². The molecule has 0 aromatic heterocycles. The first kappa shape index (κ1) is 13.7. The van der Waals surface area contributed by atoms with Gasteiger partial charge in [0.15, 0.2) is 0 Å². The van der Waals surface area contributed by atoms with Gasteiger partial charge in [0, 0.05) is 36.7 Å². The van der Waals surface area contributed by atoms with Crippen LogP contribution in [-0.2, 0) is 11.2 Å². The maximum atomic E-state index is 9.57. The molecule has 110 valence electrons. The molecule has 2 aliphatic rings. The molecule has 2 aliphatic heterocycles. The van der Waals surface area contributed by atoms with E-state index in [0.29, 0.717) is 0 Å². The van der Waals surface area contributed by atoms with Gasteiger partial charge in [0.2, 0.25) is 0 Å². The van der Waals surface area contributed by atoms with Crippen molar-refractivity contribution < 1.29 is 19.3 Å². The van der Waals surface area contributed by atoms with Gasteiger partial charge in [-0.25, -0.2) is 0 Å². The van der Waals surface area contributed by atoms with Crippen LogP contribution in [-0.4, -0.2) is 31.5 Å². The minimum Gasteiger partial charge on any atom is -0.496 e. The molecule has 0 spiro atoms. The van der Waals surface area contributed by atoms with Gasteiger partial charge in [0.25, 0.3) is 0 Å². The van der Waals surface area contributed by atoms with E-state index in [2.05, 4.69) is 13.0 Å². The summed E-state index contributed by atoms with van der Waals surface area (Å²) in [6, 6.07) is 4.09. The summed E-state index contributed by atoms with van der Waals surface area (Å²) in [5.41, 5.74) is 2.19. The molecule has 1 fully saturated rings. The fourth-order valence-electron chi connectivity index (χ4n) is 3.23. The lowest BCUT2D eigenvalue weighted by Crippen LogP contribution is -2.25. The number of hydrogen-bond acceptors (Lipinski definition) is 4. The van der Waals surface area contributed by atoms with Crippen molar-refractivity contribution in [2.45, 2.75) is 38.4 Å². The zero-order valence-electron chi connectivity index (χ0n) is 12.1. The van der Waals surface area contributed by atoms with Crippen LogP contribution in [0, 0.1) is 5.92 Å². The van der Waals surface area contributed by atoms with Crippen molar-refractivity contribution in [2.75, 3.05) is 20.3 Å². The zero-order valence-corrected chi connectivity index (χ0v) is 12.1. The Labute approximate surface area is 119 Å². The highest BCUT2D eigenvalue weighted by Crippen LogP contribution is 2.42. The van der Waals surface area contributed by atoms with Crippen molar-refractivity contribution in [3.05, 3.63) is 23.3 Å². The predicted molar refractivity (Wildman–Crippen MR) is 75.3 cm³/mol. The van der Waals surface area contributed by atoms with Gasteiger partial charge in [-0.2, -0.15) is 0 Å². The highest BCUT2D eigenvalue weighted by Gasteiger charge is 2.31. The zero-order chi connectivity index (χ0) is 14.1. The van der Waals surface area contributed by atoms with Gasteiger partial charge in [0.1, 0.15) is 17.6 Å². The van der Waals surface area contributed by atoms with E-state index in [0.717, 1.165) is 42.9 Å². The molecule has 3 atom stereocenters. The van der Waals surface area contributed by atoms with E-state index in [-0.39, 0.29) is 24.7 Å². The minimum absolute atomic E-state index is 0.103. The molecule has 0 amide bonds. The summed E-state index contributed by atoms with van der Waals surface area (Å²) in [5, 5.41) is 9.57. The fourth-order valence-corrected chi connectivity index (χ4v) is 3.23. The Morgan fingerprint density at radius 1 is 1.40 bits per heavy atom. The predicted octanol–water partition coefficient (Wildman–Crippen LogP) is 2.48. The van der Waals surface area contributed by atoms with E-state index >= 15 is 0 Å². The summed E-state index contributed by atoms with van der Waals surface area (Å²) in [5.74, 6) is 1.90. The molecule has 3 unspecified atom stereocenters. The molecule has 0 radical (unpaired) electrons. The molecule has 3 rings (SSSR count). The van der Waals surface area contributed by atoms with Crippen molar-refractivity contribution in [3.8, 4) is 11.5 Å². The Morgan fingerprint density at radius 3 is 3.00 bits per heavy atom. The number of methoxy groups -OCH3 is 1. The average Bonchev–Trinajstić information content (AvgIpc) is 2.84. The van der Waals surface area contributed by atoms with Crippen molar-refractivity contribution >= 4 is 0 Å². The van der Waals surface area contributed by atoms with Crippen LogP contribution < -0.4 is 9.47 Å². The van der Waals surface area contributed by atoms with Crippen LogP contribution in [0.5, 0.6) is 11.5 Å². The topological polar surface area (TPSA) is 47.9 Å². The molecular formula is C16H22O4. The maximum absolute atomic E-state index is 9.57. The van der Waals surface area contributed by atoms with Crippen LogP contribution in [0.4, 0.5) is 0 Å². The lowest BCUT2D eigenvalue weighted by atomic mass is 9.89. The van der Waals surface area contributed by atoms with Gasteiger partial charge in [-0.05, 0) is 31.9 Å². The minimum atomic E-state index is -0.103. The Bertz CT molecular complexity index is 486. The van der Waals surface area contributed by atoms with Gasteiger partial charge in [-0.15, -0.1) is 0 Å². The Morgan fingerprint density at radius 2 is 2.25 bits per heavy atom. The second kappa shape index (κ2) is 5.62. The van der Waals surface area contributed by atoms with Crippen LogP contribution in [0.25, 0.3) is 0 Å². The summed E-state index contributed by atoms with van der Waals surface area (Å²) in [6.45, 7) is 2.95. The summed E-state index contributed by atoms with van der Waals surface area (Å²) in [6.07, 6.45) is 3.02. The molecular weight excluding hydrogens is 256 g/mol. The number of aliphatic hydroxyl groups is 1. The van der Waals surface area contributed by atoms with E-state index < -0.39 is 0 Å². The van der Waals surface area contributed by atoms with Crippen molar-refractivity contribution in [2.24, 2.45) is 5.92 Å². The van der Waals surface area contributed by atoms with Crippen LogP contribution in [0.2, 0.25) is 0 Å². The lowest BCUT2D eigenvalue weighted by molar-refractivity contribution is -0.0467. The molecule has 1 N–H and O–H groups in total. The van der Waals surface area contributed by atoms with E-state index in [1.54, 1.807) is 7.11 Å². The largest absolute Gasteiger partial charge is 0.496 e. The molecule has 0 saturated carbocycles. The molecule has 1 aromatic rings. The van der Waals surface area contributed by atoms with Crippen LogP contribution in [0.1, 0.15) is 37.0 Å². The van der Waals surface area contributed by atoms with E-state index in [1.807, 2.05) is 6.07 Å². The van der Waals surface area contributed by atoms with Crippen molar-refractivity contribution in [1.29, 1.82) is 0 Å². The molecule has 4 heteroatoms. The van der Waals surface area contributed by atoms with Crippen LogP contribution in [0.15, 0.2) is 12.1 Å². The summed E-state index contributed by atoms with van der Waals surface area (Å²) >= 11 is 0. The van der Waals surface area contributed by atoms with Crippen LogP contribution in [0.3, 0.4) is 0 Å². The summed E-state index contributed by atoms with van der Waals surface area (Å²) in [4.78, 5) is 0. The third-order valence-electron chi connectivity index (χ3n) is 4.23. The monoisotopic (exact) mass is 278 g/mol. The molecule has 0 bridgehead atoms. The molecule has 0 aliphatic carbocycles. The smallest absolute Gasteiger partial charge is 0.125 e. The second-order valence-electron chi connectivity index (χ2n) is 5.71. The van der Waals surface area contributed by atoms with E-state index in [4.69, 9.17) is 14.2 Å². The van der Waals surface area contributed by atoms with Gasteiger partial charge in [-0.1, -0.05) is 0 Å². The SMILES string of the molecule is COc1cc2c(cc1C1OCCCC1CO)OC(C)C2. The number of ether oxygens (including phenoxy) is 3. The average molecular weight is 278 g/mol. The van der Waals surface area contributed by atoms with Gasteiger partial charge in [0.05, 0.1) is 13.2 Å². The first-order valence-corrected chi connectivity index (χ1v) is 7.33. The number of rotatable bonds is 3. The Balaban J connectivity index is 1.97. The number of aliphatic hydroxyl groups excluding tert-OH is 1. The van der Waals surface area contributed by atoms with Crippen molar-refractivity contribution in [3.63, 3.8) is 0 Å². The fraction of sp³-hybridized carbons (Fsp3) is 0.625. The first-order chi connectivity index (χ1) is 9.72. The molecule has 1 aromatic carbocycles. The third-order valence-corrected chi connectivity index (χ3v) is 4.23. The summed E-state index contributed by atoms with van der Waals surface area (Å²) < 4.78 is 17.3. The van der Waals surface area contributed by atoms with Gasteiger partial charge in [-0.3, -0.25) is 0 Å². The highest BCUT2D eigenvalue weighted by atomic mass is 16.5. The Kier molecular flexibility index (Phi) is 3.85. The number of hydrogen-bond donors (Lipinski definition) is 1. The standard InChI is InChI=1S/C16H22O4/c1-10-6-12-7-15(18-2)13(8-14(12)20-10)16-11(9-17)4-3-5-19-16/h7-8,10-11,16-17H,3-6,9H2,1-2H3. The molecule has 1 saturated heterocycles. The molecule has 4 nitrogen and oxygen atoms in total. The number of benzene rings is 1. The maximum Gasteiger partial charge on any atom is 0.125 e. The molecule has 20 heavy (non-hydrogen) atoms. The van der Waals surface area contributed by atoms with Gasteiger partial charge < -0.3 is 19.3 Å². The normalized spacial score (nSPS) is 28.9. The molecule has 2 heterocycles. The second-order valence-corrected chi connectivity index (χ2v) is 5.71. The van der Waals surface area contributed by atoms with Gasteiger partial charge >= 0.3 is 0 Å². The first-order valence-electron chi connectivity index (χ1n) is 7.33. The van der Waals surface area contributed by atoms with Crippen molar-refractivity contribution in [1.82, 2.24) is 0 Å². The lowest BCUT2D eigenvalue weighted by Gasteiger charge is -2.31.